The molecule has 3 aromatic rings. The molecule has 0 fully saturated rings. The molecule has 1 N–H and O–H groups in total. The highest BCUT2D eigenvalue weighted by Crippen LogP contribution is 2.34. The number of ether oxygens (including phenoxy) is 3. The summed E-state index contributed by atoms with van der Waals surface area (Å²) in [6.07, 6.45) is 0. The van der Waals surface area contributed by atoms with Crippen LogP contribution in [0, 0.1) is 13.8 Å². The van der Waals surface area contributed by atoms with Crippen LogP contribution in [-0.4, -0.2) is 41.2 Å². The Bertz CT molecular complexity index is 1360. The van der Waals surface area contributed by atoms with Gasteiger partial charge in [0.2, 0.25) is 5.91 Å². The number of rotatable bonds is 8. The second-order valence-electron chi connectivity index (χ2n) is 8.69. The Kier molecular flexibility index (Phi) is 7.40. The Labute approximate surface area is 211 Å². The number of aryl methyl sites for hydroxylation is 2. The molecule has 0 radical (unpaired) electrons. The van der Waals surface area contributed by atoms with Crippen LogP contribution in [0.4, 0.5) is 5.69 Å². The van der Waals surface area contributed by atoms with Gasteiger partial charge < -0.3 is 19.5 Å². The van der Waals surface area contributed by atoms with Gasteiger partial charge in [-0.05, 0) is 68.3 Å². The van der Waals surface area contributed by atoms with E-state index in [1.165, 1.54) is 19.2 Å². The van der Waals surface area contributed by atoms with E-state index in [1.54, 1.807) is 30.3 Å². The van der Waals surface area contributed by atoms with E-state index in [2.05, 4.69) is 5.32 Å². The number of carbonyl (C=O) groups excluding carboxylic acids is 1. The molecule has 0 spiro atoms. The average Bonchev–Trinajstić information content (AvgIpc) is 2.87. The minimum atomic E-state index is -4.07. The molecule has 0 saturated carbocycles. The van der Waals surface area contributed by atoms with Gasteiger partial charge in [-0.2, -0.15) is 0 Å². The Hall–Kier alpha value is -3.72. The zero-order valence-electron chi connectivity index (χ0n) is 20.8. The van der Waals surface area contributed by atoms with Gasteiger partial charge in [-0.3, -0.25) is 9.10 Å². The smallest absolute Gasteiger partial charge is 0.264 e. The summed E-state index contributed by atoms with van der Waals surface area (Å²) < 4.78 is 45.2. The number of amides is 1. The van der Waals surface area contributed by atoms with E-state index in [0.717, 1.165) is 21.0 Å². The topological polar surface area (TPSA) is 94.2 Å². The van der Waals surface area contributed by atoms with Gasteiger partial charge in [0.25, 0.3) is 10.0 Å². The van der Waals surface area contributed by atoms with Gasteiger partial charge in [0, 0.05) is 0 Å². The summed E-state index contributed by atoms with van der Waals surface area (Å²) in [6.45, 7) is 6.09. The van der Waals surface area contributed by atoms with Crippen LogP contribution >= 0.6 is 0 Å². The van der Waals surface area contributed by atoms with Gasteiger partial charge in [-0.1, -0.05) is 29.8 Å². The highest BCUT2D eigenvalue weighted by molar-refractivity contribution is 7.92. The number of sulfonamides is 1. The molecule has 8 nitrogen and oxygen atoms in total. The van der Waals surface area contributed by atoms with E-state index in [-0.39, 0.29) is 4.90 Å². The van der Waals surface area contributed by atoms with Gasteiger partial charge in [0.05, 0.1) is 23.7 Å². The van der Waals surface area contributed by atoms with Crippen molar-refractivity contribution in [2.75, 3.05) is 31.2 Å². The number of fused-ring (bicyclic) bond motifs is 1. The van der Waals surface area contributed by atoms with Crippen molar-refractivity contribution in [3.8, 4) is 17.2 Å². The molecular formula is C27H30N2O6S. The molecule has 0 saturated heterocycles. The summed E-state index contributed by atoms with van der Waals surface area (Å²) in [4.78, 5) is 13.3. The third kappa shape index (κ3) is 5.41. The van der Waals surface area contributed by atoms with Crippen LogP contribution in [-0.2, 0) is 14.8 Å². The van der Waals surface area contributed by atoms with Gasteiger partial charge in [0.15, 0.2) is 11.5 Å². The van der Waals surface area contributed by atoms with Gasteiger partial charge in [-0.15, -0.1) is 0 Å². The lowest BCUT2D eigenvalue weighted by molar-refractivity contribution is -0.120. The van der Waals surface area contributed by atoms with E-state index in [4.69, 9.17) is 14.2 Å². The van der Waals surface area contributed by atoms with E-state index >= 15 is 0 Å². The fraction of sp³-hybridized carbons (Fsp3) is 0.296. The fourth-order valence-corrected chi connectivity index (χ4v) is 5.39. The summed E-state index contributed by atoms with van der Waals surface area (Å²) >= 11 is 0. The molecule has 1 heterocycles. The molecule has 0 aromatic heterocycles. The summed E-state index contributed by atoms with van der Waals surface area (Å²) in [5.74, 6) is 1.17. The second-order valence-corrected chi connectivity index (χ2v) is 10.6. The molecule has 4 rings (SSSR count). The zero-order chi connectivity index (χ0) is 25.9. The Morgan fingerprint density at radius 3 is 2.33 bits per heavy atom. The number of nitrogens with zero attached hydrogens (tertiary/aromatic N) is 1. The maximum absolute atomic E-state index is 13.7. The monoisotopic (exact) mass is 510 g/mol. The van der Waals surface area contributed by atoms with Gasteiger partial charge >= 0.3 is 0 Å². The number of nitrogens with one attached hydrogen (secondary N) is 1. The largest absolute Gasteiger partial charge is 0.495 e. The van der Waals surface area contributed by atoms with Crippen LogP contribution in [0.25, 0.3) is 0 Å². The molecule has 0 aliphatic carbocycles. The standard InChI is InChI=1S/C27H30N2O6S/c1-18-5-9-22(10-6-18)36(31,32)29(23-15-19(2)7-11-24(23)33-4)17-27(30)28-20(3)21-8-12-25-26(16-21)35-14-13-34-25/h5-12,15-16,20H,13-14,17H2,1-4H3,(H,28,30)/t20-/m0/s1. The van der Waals surface area contributed by atoms with Gasteiger partial charge in [-0.25, -0.2) is 8.42 Å². The first-order valence-electron chi connectivity index (χ1n) is 11.6. The minimum Gasteiger partial charge on any atom is -0.495 e. The predicted octanol–water partition coefficient (Wildman–Crippen LogP) is 4.16. The van der Waals surface area contributed by atoms with Crippen LogP contribution in [0.2, 0.25) is 0 Å². The normalized spacial score (nSPS) is 13.6. The molecule has 9 heteroatoms. The van der Waals surface area contributed by atoms with Crippen molar-refractivity contribution in [1.29, 1.82) is 0 Å². The summed E-state index contributed by atoms with van der Waals surface area (Å²) in [5, 5.41) is 2.91. The molecule has 1 aliphatic heterocycles. The van der Waals surface area contributed by atoms with Crippen LogP contribution in [0.5, 0.6) is 17.2 Å². The fourth-order valence-electron chi connectivity index (χ4n) is 3.96. The molecule has 3 aromatic carbocycles. The van der Waals surface area contributed by atoms with Crippen LogP contribution < -0.4 is 23.8 Å². The molecule has 1 amide bonds. The van der Waals surface area contributed by atoms with Crippen molar-refractivity contribution in [1.82, 2.24) is 5.32 Å². The second kappa shape index (κ2) is 10.5. The van der Waals surface area contributed by atoms with Crippen molar-refractivity contribution >= 4 is 21.6 Å². The third-order valence-electron chi connectivity index (χ3n) is 5.94. The first-order chi connectivity index (χ1) is 17.2. The molecular weight excluding hydrogens is 480 g/mol. The molecule has 36 heavy (non-hydrogen) atoms. The minimum absolute atomic E-state index is 0.0874. The van der Waals surface area contributed by atoms with Crippen LogP contribution in [0.15, 0.2) is 65.6 Å². The van der Waals surface area contributed by atoms with E-state index in [0.29, 0.717) is 36.1 Å². The highest BCUT2D eigenvalue weighted by atomic mass is 32.2. The SMILES string of the molecule is COc1ccc(C)cc1N(CC(=O)N[C@@H](C)c1ccc2c(c1)OCCO2)S(=O)(=O)c1ccc(C)cc1. The summed E-state index contributed by atoms with van der Waals surface area (Å²) in [7, 11) is -2.60. The molecule has 0 bridgehead atoms. The number of hydrogen-bond donors (Lipinski definition) is 1. The Morgan fingerprint density at radius 2 is 1.64 bits per heavy atom. The van der Waals surface area contributed by atoms with Crippen molar-refractivity contribution in [2.45, 2.75) is 31.7 Å². The lowest BCUT2D eigenvalue weighted by Crippen LogP contribution is -2.41. The lowest BCUT2D eigenvalue weighted by Gasteiger charge is -2.27. The summed E-state index contributed by atoms with van der Waals surface area (Å²) in [6, 6.07) is 16.8. The quantitative estimate of drug-likeness (QED) is 0.489. The van der Waals surface area contributed by atoms with E-state index in [1.807, 2.05) is 39.0 Å². The summed E-state index contributed by atoms with van der Waals surface area (Å²) in [5.41, 5.74) is 2.87. The van der Waals surface area contributed by atoms with Gasteiger partial charge in [0.1, 0.15) is 25.5 Å². The Balaban J connectivity index is 1.63. The molecule has 0 unspecified atom stereocenters. The molecule has 190 valence electrons. The van der Waals surface area contributed by atoms with Crippen LogP contribution in [0.1, 0.15) is 29.7 Å². The number of methoxy groups -OCH3 is 1. The number of anilines is 1. The number of carbonyl (C=O) groups is 1. The molecule has 1 aliphatic rings. The van der Waals surface area contributed by atoms with E-state index < -0.39 is 28.5 Å². The first-order valence-corrected chi connectivity index (χ1v) is 13.1. The zero-order valence-corrected chi connectivity index (χ0v) is 21.6. The maximum atomic E-state index is 13.7. The highest BCUT2D eigenvalue weighted by Gasteiger charge is 2.30. The lowest BCUT2D eigenvalue weighted by atomic mass is 10.1. The van der Waals surface area contributed by atoms with Crippen molar-refractivity contribution in [3.63, 3.8) is 0 Å². The third-order valence-corrected chi connectivity index (χ3v) is 7.72. The van der Waals surface area contributed by atoms with Crippen LogP contribution in [0.3, 0.4) is 0 Å². The van der Waals surface area contributed by atoms with Crippen molar-refractivity contribution in [2.24, 2.45) is 0 Å². The predicted molar refractivity (Wildman–Crippen MR) is 137 cm³/mol. The number of hydrogen-bond acceptors (Lipinski definition) is 6. The van der Waals surface area contributed by atoms with E-state index in [9.17, 15) is 13.2 Å². The first kappa shape index (κ1) is 25.4. The number of benzene rings is 3. The Morgan fingerprint density at radius 1 is 0.972 bits per heavy atom. The van der Waals surface area contributed by atoms with Crippen molar-refractivity contribution < 1.29 is 27.4 Å². The van der Waals surface area contributed by atoms with Crippen molar-refractivity contribution in [3.05, 3.63) is 77.4 Å². The maximum Gasteiger partial charge on any atom is 0.264 e. The average molecular weight is 511 g/mol. The molecule has 1 atom stereocenters.